The van der Waals surface area contributed by atoms with E-state index in [1.807, 2.05) is 30.3 Å². The number of ether oxygens (including phenoxy) is 4. The number of rotatable bonds is 7. The third kappa shape index (κ3) is 4.38. The smallest absolute Gasteiger partial charge is 0.185 e. The van der Waals surface area contributed by atoms with Crippen molar-refractivity contribution < 1.29 is 24.1 Å². The molecule has 2 saturated heterocycles. The molecule has 2 fully saturated rings. The van der Waals surface area contributed by atoms with Crippen LogP contribution in [-0.2, 0) is 18.9 Å². The second-order valence-corrected chi connectivity index (χ2v) is 6.42. The molecule has 4 N–H and O–H groups in total. The minimum Gasteiger partial charge on any atom is -0.386 e. The summed E-state index contributed by atoms with van der Waals surface area (Å²) in [6, 6.07) is 9.48. The molecule has 2 aliphatic rings. The second-order valence-electron chi connectivity index (χ2n) is 6.42. The highest BCUT2D eigenvalue weighted by molar-refractivity contribution is 5.16. The van der Waals surface area contributed by atoms with E-state index in [0.717, 1.165) is 24.9 Å². The molecular formula is C18H28N2O5. The minimum atomic E-state index is -0.821. The van der Waals surface area contributed by atoms with Crippen molar-refractivity contribution in [1.29, 1.82) is 0 Å². The van der Waals surface area contributed by atoms with Gasteiger partial charge in [-0.3, -0.25) is 0 Å². The van der Waals surface area contributed by atoms with E-state index in [1.54, 1.807) is 0 Å². The number of methoxy groups -OCH3 is 1. The van der Waals surface area contributed by atoms with Crippen molar-refractivity contribution in [2.24, 2.45) is 5.73 Å². The lowest BCUT2D eigenvalue weighted by molar-refractivity contribution is -0.341. The number of benzene rings is 1. The number of hydrogen-bond donors (Lipinski definition) is 3. The van der Waals surface area contributed by atoms with Crippen LogP contribution in [0.2, 0.25) is 0 Å². The Balaban J connectivity index is 1.70. The minimum absolute atomic E-state index is 0.291. The van der Waals surface area contributed by atoms with Crippen LogP contribution in [0.3, 0.4) is 0 Å². The highest BCUT2D eigenvalue weighted by Crippen LogP contribution is 2.34. The molecular weight excluding hydrogens is 324 g/mol. The largest absolute Gasteiger partial charge is 0.386 e. The third-order valence-electron chi connectivity index (χ3n) is 4.68. The van der Waals surface area contributed by atoms with Gasteiger partial charge in [-0.15, -0.1) is 0 Å². The summed E-state index contributed by atoms with van der Waals surface area (Å²) in [6.07, 6.45) is -0.726. The van der Waals surface area contributed by atoms with E-state index in [1.165, 1.54) is 7.11 Å². The van der Waals surface area contributed by atoms with Gasteiger partial charge in [0.15, 0.2) is 12.6 Å². The van der Waals surface area contributed by atoms with E-state index >= 15 is 0 Å². The Kier molecular flexibility index (Phi) is 6.77. The molecule has 25 heavy (non-hydrogen) atoms. The number of fused-ring (bicyclic) bond motifs is 1. The fourth-order valence-corrected chi connectivity index (χ4v) is 3.35. The molecule has 3 rings (SSSR count). The van der Waals surface area contributed by atoms with Gasteiger partial charge < -0.3 is 35.1 Å². The lowest BCUT2D eigenvalue weighted by Gasteiger charge is -2.48. The van der Waals surface area contributed by atoms with Gasteiger partial charge in [-0.2, -0.15) is 0 Å². The quantitative estimate of drug-likeness (QED) is 0.616. The Morgan fingerprint density at radius 3 is 2.76 bits per heavy atom. The number of nitrogens with one attached hydrogen (secondary N) is 1. The first-order valence-corrected chi connectivity index (χ1v) is 8.86. The SMILES string of the molecule is CO[C@H]1O[C@@H]2COC(c3ccccc3)O[C@H]2[C@@H](NCCCCN)[C@@H]1O. The van der Waals surface area contributed by atoms with Gasteiger partial charge in [-0.25, -0.2) is 0 Å². The molecule has 7 heteroatoms. The fourth-order valence-electron chi connectivity index (χ4n) is 3.35. The normalized spacial score (nSPS) is 35.3. The first-order valence-electron chi connectivity index (χ1n) is 8.86. The molecule has 1 aromatic rings. The monoisotopic (exact) mass is 352 g/mol. The highest BCUT2D eigenvalue weighted by Gasteiger charge is 2.49. The molecule has 2 heterocycles. The molecule has 0 aromatic heterocycles. The van der Waals surface area contributed by atoms with Crippen LogP contribution in [0.4, 0.5) is 0 Å². The summed E-state index contributed by atoms with van der Waals surface area (Å²) < 4.78 is 23.1. The van der Waals surface area contributed by atoms with E-state index in [0.29, 0.717) is 13.2 Å². The Morgan fingerprint density at radius 2 is 2.04 bits per heavy atom. The molecule has 1 unspecified atom stereocenters. The number of aliphatic hydroxyl groups excluding tert-OH is 1. The topological polar surface area (TPSA) is 95.2 Å². The van der Waals surface area contributed by atoms with Crippen LogP contribution in [0.25, 0.3) is 0 Å². The van der Waals surface area contributed by atoms with E-state index in [9.17, 15) is 5.11 Å². The molecule has 0 bridgehead atoms. The van der Waals surface area contributed by atoms with Gasteiger partial charge in [-0.1, -0.05) is 30.3 Å². The van der Waals surface area contributed by atoms with Crippen LogP contribution in [0, 0.1) is 0 Å². The molecule has 0 saturated carbocycles. The Bertz CT molecular complexity index is 517. The number of nitrogens with two attached hydrogens (primary N) is 1. The van der Waals surface area contributed by atoms with Crippen molar-refractivity contribution >= 4 is 0 Å². The molecule has 0 radical (unpaired) electrons. The average Bonchev–Trinajstić information content (AvgIpc) is 2.66. The maximum atomic E-state index is 10.6. The second kappa shape index (κ2) is 9.05. The van der Waals surface area contributed by atoms with Crippen molar-refractivity contribution in [2.45, 2.75) is 49.8 Å². The van der Waals surface area contributed by atoms with Crippen molar-refractivity contribution in [3.63, 3.8) is 0 Å². The molecule has 2 aliphatic heterocycles. The van der Waals surface area contributed by atoms with Gasteiger partial charge >= 0.3 is 0 Å². The van der Waals surface area contributed by atoms with E-state index < -0.39 is 18.7 Å². The van der Waals surface area contributed by atoms with Crippen LogP contribution in [0.5, 0.6) is 0 Å². The Morgan fingerprint density at radius 1 is 1.24 bits per heavy atom. The summed E-state index contributed by atoms with van der Waals surface area (Å²) in [6.45, 7) is 1.79. The number of hydrogen-bond acceptors (Lipinski definition) is 7. The van der Waals surface area contributed by atoms with Crippen LogP contribution >= 0.6 is 0 Å². The summed E-state index contributed by atoms with van der Waals surface area (Å²) in [5.74, 6) is 0. The van der Waals surface area contributed by atoms with Gasteiger partial charge in [0, 0.05) is 12.7 Å². The van der Waals surface area contributed by atoms with Gasteiger partial charge in [0.2, 0.25) is 0 Å². The maximum absolute atomic E-state index is 10.6. The van der Waals surface area contributed by atoms with E-state index in [2.05, 4.69) is 5.32 Å². The predicted molar refractivity (Wildman–Crippen MR) is 91.8 cm³/mol. The molecule has 0 amide bonds. The lowest BCUT2D eigenvalue weighted by Crippen LogP contribution is -2.66. The molecule has 0 spiro atoms. The van der Waals surface area contributed by atoms with Crippen LogP contribution < -0.4 is 11.1 Å². The van der Waals surface area contributed by atoms with Crippen LogP contribution in [0.1, 0.15) is 24.7 Å². The van der Waals surface area contributed by atoms with Crippen LogP contribution in [-0.4, -0.2) is 62.6 Å². The van der Waals surface area contributed by atoms with E-state index in [-0.39, 0.29) is 18.2 Å². The van der Waals surface area contributed by atoms with Gasteiger partial charge in [0.05, 0.1) is 12.6 Å². The highest BCUT2D eigenvalue weighted by atomic mass is 16.7. The molecule has 1 aromatic carbocycles. The van der Waals surface area contributed by atoms with Gasteiger partial charge in [-0.05, 0) is 25.9 Å². The van der Waals surface area contributed by atoms with E-state index in [4.69, 9.17) is 24.7 Å². The Labute approximate surface area is 148 Å². The van der Waals surface area contributed by atoms with Gasteiger partial charge in [0.1, 0.15) is 18.3 Å². The first kappa shape index (κ1) is 18.7. The van der Waals surface area contributed by atoms with Crippen molar-refractivity contribution in [1.82, 2.24) is 5.32 Å². The number of aliphatic hydroxyl groups is 1. The summed E-state index contributed by atoms with van der Waals surface area (Å²) in [7, 11) is 1.52. The zero-order valence-corrected chi connectivity index (χ0v) is 14.5. The molecule has 7 nitrogen and oxygen atoms in total. The standard InChI is InChI=1S/C18H28N2O5/c1-22-18-15(21)14(20-10-6-5-9-19)16-13(24-18)11-23-17(25-16)12-7-3-2-4-8-12/h2-4,7-8,13-18,20-21H,5-6,9-11,19H2,1H3/t13-,14+,15+,16-,17?,18+/m1/s1. The molecule has 6 atom stereocenters. The number of unbranched alkanes of at least 4 members (excludes halogenated alkanes) is 1. The van der Waals surface area contributed by atoms with Gasteiger partial charge in [0.25, 0.3) is 0 Å². The lowest BCUT2D eigenvalue weighted by atomic mass is 9.94. The zero-order valence-electron chi connectivity index (χ0n) is 14.5. The maximum Gasteiger partial charge on any atom is 0.185 e. The predicted octanol–water partition coefficient (Wildman–Crippen LogP) is 0.530. The molecule has 0 aliphatic carbocycles. The average molecular weight is 352 g/mol. The summed E-state index contributed by atoms with van der Waals surface area (Å²) >= 11 is 0. The summed E-state index contributed by atoms with van der Waals surface area (Å²) in [4.78, 5) is 0. The summed E-state index contributed by atoms with van der Waals surface area (Å²) in [5, 5.41) is 14.0. The third-order valence-corrected chi connectivity index (χ3v) is 4.68. The Hall–Kier alpha value is -1.06. The summed E-state index contributed by atoms with van der Waals surface area (Å²) in [5.41, 5.74) is 6.50. The van der Waals surface area contributed by atoms with Crippen molar-refractivity contribution in [3.8, 4) is 0 Å². The zero-order chi connectivity index (χ0) is 17.6. The van der Waals surface area contributed by atoms with Crippen molar-refractivity contribution in [2.75, 3.05) is 26.8 Å². The fraction of sp³-hybridized carbons (Fsp3) is 0.667. The first-order chi connectivity index (χ1) is 12.2. The van der Waals surface area contributed by atoms with Crippen LogP contribution in [0.15, 0.2) is 30.3 Å². The molecule has 140 valence electrons. The van der Waals surface area contributed by atoms with Crippen molar-refractivity contribution in [3.05, 3.63) is 35.9 Å².